The molecule has 0 N–H and O–H groups in total. The molecule has 0 radical (unpaired) electrons. The fourth-order valence-corrected chi connectivity index (χ4v) is 2.74. The minimum Gasteiger partial charge on any atom is -0.377 e. The van der Waals surface area contributed by atoms with Crippen LogP contribution < -0.4 is 0 Å². The highest BCUT2D eigenvalue weighted by atomic mass is 16.5. The van der Waals surface area contributed by atoms with Crippen molar-refractivity contribution >= 4 is 0 Å². The third-order valence-corrected chi connectivity index (χ3v) is 3.80. The summed E-state index contributed by atoms with van der Waals surface area (Å²) in [6, 6.07) is 0. The maximum absolute atomic E-state index is 5.88. The van der Waals surface area contributed by atoms with E-state index in [1.165, 1.54) is 25.2 Å². The molecule has 0 bridgehead atoms. The number of hydrogen-bond acceptors (Lipinski definition) is 3. The lowest BCUT2D eigenvalue weighted by molar-refractivity contribution is -0.000798. The van der Waals surface area contributed by atoms with Crippen molar-refractivity contribution in [2.45, 2.75) is 52.2 Å². The summed E-state index contributed by atoms with van der Waals surface area (Å²) in [6.45, 7) is 9.69. The summed E-state index contributed by atoms with van der Waals surface area (Å²) < 4.78 is 8.16. The predicted octanol–water partition coefficient (Wildman–Crippen LogP) is 2.34. The van der Waals surface area contributed by atoms with E-state index in [9.17, 15) is 0 Å². The Morgan fingerprint density at radius 3 is 3.05 bits per heavy atom. The maximum Gasteiger partial charge on any atom is 0.108 e. The Labute approximate surface area is 116 Å². The van der Waals surface area contributed by atoms with Crippen LogP contribution in [-0.2, 0) is 17.7 Å². The lowest BCUT2D eigenvalue weighted by Gasteiger charge is -2.32. The summed E-state index contributed by atoms with van der Waals surface area (Å²) in [5.41, 5.74) is 0. The summed E-state index contributed by atoms with van der Waals surface area (Å²) in [7, 11) is 0. The molecule has 1 fully saturated rings. The van der Waals surface area contributed by atoms with E-state index in [0.717, 1.165) is 39.1 Å². The smallest absolute Gasteiger partial charge is 0.108 e. The minimum atomic E-state index is 0.446. The number of aromatic nitrogens is 2. The monoisotopic (exact) mass is 265 g/mol. The van der Waals surface area contributed by atoms with Gasteiger partial charge in [0.2, 0.25) is 0 Å². The van der Waals surface area contributed by atoms with Crippen molar-refractivity contribution in [2.75, 3.05) is 26.2 Å². The van der Waals surface area contributed by atoms with Gasteiger partial charge in [-0.15, -0.1) is 0 Å². The number of rotatable bonds is 7. The maximum atomic E-state index is 5.88. The number of imidazole rings is 1. The number of likely N-dealkylation sites (tertiary alicyclic amines) is 1. The average molecular weight is 265 g/mol. The van der Waals surface area contributed by atoms with Crippen molar-refractivity contribution < 1.29 is 4.74 Å². The zero-order chi connectivity index (χ0) is 13.5. The van der Waals surface area contributed by atoms with Crippen LogP contribution in [-0.4, -0.2) is 46.8 Å². The van der Waals surface area contributed by atoms with E-state index < -0.39 is 0 Å². The van der Waals surface area contributed by atoms with E-state index in [1.807, 2.05) is 6.20 Å². The molecule has 2 rings (SSSR count). The highest BCUT2D eigenvalue weighted by Crippen LogP contribution is 2.13. The molecule has 4 nitrogen and oxygen atoms in total. The average Bonchev–Trinajstić information content (AvgIpc) is 2.91. The Morgan fingerprint density at radius 1 is 1.37 bits per heavy atom. The largest absolute Gasteiger partial charge is 0.377 e. The summed E-state index contributed by atoms with van der Waals surface area (Å²) in [5.74, 6) is 1.19. The molecule has 1 aliphatic heterocycles. The molecule has 1 aromatic rings. The Hall–Kier alpha value is -0.870. The van der Waals surface area contributed by atoms with Gasteiger partial charge in [0.05, 0.1) is 6.10 Å². The quantitative estimate of drug-likeness (QED) is 0.758. The number of ether oxygens (including phenoxy) is 1. The van der Waals surface area contributed by atoms with E-state index >= 15 is 0 Å². The van der Waals surface area contributed by atoms with Crippen LogP contribution in [0.4, 0.5) is 0 Å². The van der Waals surface area contributed by atoms with Gasteiger partial charge in [0, 0.05) is 45.1 Å². The van der Waals surface area contributed by atoms with E-state index in [1.54, 1.807) is 0 Å². The normalized spacial score (nSPS) is 20.8. The molecule has 1 aliphatic rings. The minimum absolute atomic E-state index is 0.446. The van der Waals surface area contributed by atoms with Gasteiger partial charge in [0.1, 0.15) is 5.82 Å². The molecule has 1 atom stereocenters. The van der Waals surface area contributed by atoms with Crippen molar-refractivity contribution in [2.24, 2.45) is 0 Å². The number of hydrogen-bond donors (Lipinski definition) is 0. The summed E-state index contributed by atoms with van der Waals surface area (Å²) in [6.07, 6.45) is 9.05. The number of piperidine rings is 1. The van der Waals surface area contributed by atoms with Gasteiger partial charge in [-0.3, -0.25) is 4.90 Å². The Balaban J connectivity index is 1.76. The van der Waals surface area contributed by atoms with Gasteiger partial charge in [0.25, 0.3) is 0 Å². The first-order valence-electron chi connectivity index (χ1n) is 7.67. The topological polar surface area (TPSA) is 30.3 Å². The molecule has 0 aromatic carbocycles. The third kappa shape index (κ3) is 4.32. The molecular weight excluding hydrogens is 238 g/mol. The van der Waals surface area contributed by atoms with Gasteiger partial charge in [-0.05, 0) is 25.8 Å². The lowest BCUT2D eigenvalue weighted by atomic mass is 10.1. The molecule has 19 heavy (non-hydrogen) atoms. The first-order chi connectivity index (χ1) is 9.33. The van der Waals surface area contributed by atoms with Crippen LogP contribution in [0.3, 0.4) is 0 Å². The third-order valence-electron chi connectivity index (χ3n) is 3.80. The zero-order valence-electron chi connectivity index (χ0n) is 12.3. The molecule has 4 heteroatoms. The lowest BCUT2D eigenvalue weighted by Crippen LogP contribution is -2.41. The SMILES string of the molecule is CCCOC1CCCN(CCn2ccnc2CC)C1. The second kappa shape index (κ2) is 7.65. The van der Waals surface area contributed by atoms with E-state index in [-0.39, 0.29) is 0 Å². The fourth-order valence-electron chi connectivity index (χ4n) is 2.74. The van der Waals surface area contributed by atoms with Crippen molar-refractivity contribution in [1.82, 2.24) is 14.5 Å². The summed E-state index contributed by atoms with van der Waals surface area (Å²) >= 11 is 0. The molecule has 0 spiro atoms. The molecule has 0 saturated carbocycles. The van der Waals surface area contributed by atoms with Crippen LogP contribution in [0.15, 0.2) is 12.4 Å². The van der Waals surface area contributed by atoms with Crippen molar-refractivity contribution in [3.63, 3.8) is 0 Å². The van der Waals surface area contributed by atoms with Crippen LogP contribution in [0.2, 0.25) is 0 Å². The van der Waals surface area contributed by atoms with E-state index in [2.05, 4.69) is 34.5 Å². The highest BCUT2D eigenvalue weighted by molar-refractivity contribution is 4.91. The van der Waals surface area contributed by atoms with Gasteiger partial charge in [-0.1, -0.05) is 13.8 Å². The van der Waals surface area contributed by atoms with Crippen molar-refractivity contribution in [1.29, 1.82) is 0 Å². The Kier molecular flexibility index (Phi) is 5.86. The molecule has 1 saturated heterocycles. The first-order valence-corrected chi connectivity index (χ1v) is 7.67. The zero-order valence-corrected chi connectivity index (χ0v) is 12.3. The second-order valence-electron chi connectivity index (χ2n) is 5.33. The predicted molar refractivity (Wildman–Crippen MR) is 77.3 cm³/mol. The molecular formula is C15H27N3O. The van der Waals surface area contributed by atoms with Crippen LogP contribution in [0, 0.1) is 0 Å². The molecule has 108 valence electrons. The fraction of sp³-hybridized carbons (Fsp3) is 0.800. The number of aryl methyl sites for hydroxylation is 1. The van der Waals surface area contributed by atoms with Crippen LogP contribution in [0.25, 0.3) is 0 Å². The van der Waals surface area contributed by atoms with Gasteiger partial charge < -0.3 is 9.30 Å². The Bertz CT molecular complexity index is 364. The van der Waals surface area contributed by atoms with Crippen LogP contribution in [0.5, 0.6) is 0 Å². The standard InChI is InChI=1S/C15H27N3O/c1-3-12-19-14-6-5-8-17(13-14)10-11-18-9-7-16-15(18)4-2/h7,9,14H,3-6,8,10-13H2,1-2H3. The van der Waals surface area contributed by atoms with E-state index in [4.69, 9.17) is 4.74 Å². The highest BCUT2D eigenvalue weighted by Gasteiger charge is 2.19. The second-order valence-corrected chi connectivity index (χ2v) is 5.33. The van der Waals surface area contributed by atoms with Gasteiger partial charge >= 0.3 is 0 Å². The van der Waals surface area contributed by atoms with Crippen molar-refractivity contribution in [3.05, 3.63) is 18.2 Å². The van der Waals surface area contributed by atoms with Crippen LogP contribution in [0.1, 0.15) is 38.9 Å². The van der Waals surface area contributed by atoms with E-state index in [0.29, 0.717) is 6.10 Å². The first kappa shape index (κ1) is 14.5. The Morgan fingerprint density at radius 2 is 2.26 bits per heavy atom. The van der Waals surface area contributed by atoms with Gasteiger partial charge in [0.15, 0.2) is 0 Å². The van der Waals surface area contributed by atoms with Crippen molar-refractivity contribution in [3.8, 4) is 0 Å². The molecule has 1 unspecified atom stereocenters. The van der Waals surface area contributed by atoms with Crippen LogP contribution >= 0.6 is 0 Å². The molecule has 0 aliphatic carbocycles. The van der Waals surface area contributed by atoms with Gasteiger partial charge in [-0.2, -0.15) is 0 Å². The molecule has 0 amide bonds. The molecule has 1 aromatic heterocycles. The summed E-state index contributed by atoms with van der Waals surface area (Å²) in [5, 5.41) is 0. The number of nitrogens with zero attached hydrogens (tertiary/aromatic N) is 3. The molecule has 2 heterocycles. The summed E-state index contributed by atoms with van der Waals surface area (Å²) in [4.78, 5) is 6.90. The van der Waals surface area contributed by atoms with Gasteiger partial charge in [-0.25, -0.2) is 4.98 Å².